The summed E-state index contributed by atoms with van der Waals surface area (Å²) in [4.78, 5) is 0. The highest BCUT2D eigenvalue weighted by molar-refractivity contribution is 7.73. The van der Waals surface area contributed by atoms with Crippen LogP contribution < -0.4 is 15.3 Å². The van der Waals surface area contributed by atoms with Crippen LogP contribution in [0.5, 0.6) is 5.75 Å². The first kappa shape index (κ1) is 12.6. The van der Waals surface area contributed by atoms with Crippen molar-refractivity contribution >= 4 is 18.5 Å². The Morgan fingerprint density at radius 2 is 1.43 bits per heavy atom. The van der Waals surface area contributed by atoms with Crippen LogP contribution in [-0.4, -0.2) is 6.35 Å². The van der Waals surface area contributed by atoms with E-state index in [-0.39, 0.29) is 0 Å². The van der Waals surface area contributed by atoms with E-state index in [9.17, 15) is 0 Å². The van der Waals surface area contributed by atoms with E-state index in [1.165, 1.54) is 21.7 Å². The third kappa shape index (κ3) is 2.24. The maximum Gasteiger partial charge on any atom is 0.128 e. The summed E-state index contributed by atoms with van der Waals surface area (Å²) in [6.45, 7) is 0. The smallest absolute Gasteiger partial charge is 0.128 e. The van der Waals surface area contributed by atoms with Crippen molar-refractivity contribution in [2.24, 2.45) is 0 Å². The zero-order valence-electron chi connectivity index (χ0n) is 11.6. The lowest BCUT2D eigenvalue weighted by Gasteiger charge is -2.14. The van der Waals surface area contributed by atoms with Gasteiger partial charge in [-0.25, -0.2) is 0 Å². The molecule has 0 aromatic heterocycles. The largest absolute Gasteiger partial charge is 0.488 e. The second kappa shape index (κ2) is 5.35. The van der Waals surface area contributed by atoms with Gasteiger partial charge in [-0.15, -0.1) is 0 Å². The van der Waals surface area contributed by atoms with Crippen LogP contribution in [0.3, 0.4) is 0 Å². The molecule has 0 spiro atoms. The van der Waals surface area contributed by atoms with Crippen LogP contribution >= 0.6 is 7.92 Å². The van der Waals surface area contributed by atoms with Crippen molar-refractivity contribution in [3.05, 3.63) is 78.9 Å². The fourth-order valence-corrected chi connectivity index (χ4v) is 5.01. The maximum atomic E-state index is 5.96. The van der Waals surface area contributed by atoms with E-state index < -0.39 is 7.92 Å². The van der Waals surface area contributed by atoms with Crippen molar-refractivity contribution in [2.45, 2.75) is 0 Å². The zero-order valence-corrected chi connectivity index (χ0v) is 12.5. The topological polar surface area (TPSA) is 9.23 Å². The second-order valence-corrected chi connectivity index (χ2v) is 7.13. The third-order valence-electron chi connectivity index (χ3n) is 3.77. The Balaban J connectivity index is 1.88. The maximum absolute atomic E-state index is 5.96. The van der Waals surface area contributed by atoms with Gasteiger partial charge in [-0.2, -0.15) is 0 Å². The summed E-state index contributed by atoms with van der Waals surface area (Å²) in [5.74, 6) is 1.05. The monoisotopic (exact) mass is 290 g/mol. The minimum absolute atomic E-state index is 0.423. The molecule has 102 valence electrons. The molecule has 1 heterocycles. The normalized spacial score (nSPS) is 16.3. The Hall–Kier alpha value is -2.11. The van der Waals surface area contributed by atoms with E-state index in [0.717, 1.165) is 12.1 Å². The number of hydrogen-bond acceptors (Lipinski definition) is 1. The molecular weight excluding hydrogens is 275 g/mol. The van der Waals surface area contributed by atoms with Crippen molar-refractivity contribution in [3.8, 4) is 16.9 Å². The highest BCUT2D eigenvalue weighted by Crippen LogP contribution is 2.45. The quantitative estimate of drug-likeness (QED) is 0.645. The molecule has 0 aliphatic carbocycles. The van der Waals surface area contributed by atoms with Gasteiger partial charge in [0.15, 0.2) is 0 Å². The van der Waals surface area contributed by atoms with Gasteiger partial charge in [-0.3, -0.25) is 0 Å². The number of fused-ring (bicyclic) bond motifs is 1. The molecule has 0 radical (unpaired) electrons. The van der Waals surface area contributed by atoms with E-state index in [0.29, 0.717) is 0 Å². The van der Waals surface area contributed by atoms with Crippen LogP contribution in [-0.2, 0) is 0 Å². The summed E-state index contributed by atoms with van der Waals surface area (Å²) in [6, 6.07) is 27.7. The Morgan fingerprint density at radius 3 is 2.19 bits per heavy atom. The molecule has 0 saturated heterocycles. The molecule has 0 N–H and O–H groups in total. The highest BCUT2D eigenvalue weighted by atomic mass is 31.1. The van der Waals surface area contributed by atoms with Crippen molar-refractivity contribution in [1.82, 2.24) is 0 Å². The molecule has 1 aliphatic heterocycles. The Labute approximate surface area is 126 Å². The molecule has 0 amide bonds. The SMILES string of the molecule is c1ccc(-c2cccc3c2[P@@](c2ccccc2)CO3)cc1. The van der Waals surface area contributed by atoms with Crippen molar-refractivity contribution < 1.29 is 4.74 Å². The molecule has 0 bridgehead atoms. The molecule has 2 heteroatoms. The summed E-state index contributed by atoms with van der Waals surface area (Å²) in [5.41, 5.74) is 2.57. The molecule has 3 aromatic rings. The predicted molar refractivity (Wildman–Crippen MR) is 90.0 cm³/mol. The lowest BCUT2D eigenvalue weighted by molar-refractivity contribution is 0.403. The van der Waals surface area contributed by atoms with Gasteiger partial charge in [-0.05, 0) is 30.4 Å². The molecule has 21 heavy (non-hydrogen) atoms. The van der Waals surface area contributed by atoms with Gasteiger partial charge in [0, 0.05) is 5.30 Å². The minimum Gasteiger partial charge on any atom is -0.488 e. The third-order valence-corrected chi connectivity index (χ3v) is 6.08. The van der Waals surface area contributed by atoms with Crippen molar-refractivity contribution in [3.63, 3.8) is 0 Å². The summed E-state index contributed by atoms with van der Waals surface area (Å²) >= 11 is 0. The van der Waals surface area contributed by atoms with Crippen LogP contribution in [0.25, 0.3) is 11.1 Å². The summed E-state index contributed by atoms with van der Waals surface area (Å²) < 4.78 is 5.96. The Bertz CT molecular complexity index is 753. The van der Waals surface area contributed by atoms with Gasteiger partial charge in [0.05, 0.1) is 0 Å². The molecule has 1 aliphatic rings. The molecule has 1 nitrogen and oxygen atoms in total. The van der Waals surface area contributed by atoms with Crippen molar-refractivity contribution in [2.75, 3.05) is 6.35 Å². The average molecular weight is 290 g/mol. The van der Waals surface area contributed by atoms with Crippen LogP contribution in [0.2, 0.25) is 0 Å². The van der Waals surface area contributed by atoms with Gasteiger partial charge in [0.25, 0.3) is 0 Å². The Morgan fingerprint density at radius 1 is 0.714 bits per heavy atom. The van der Waals surface area contributed by atoms with Gasteiger partial charge >= 0.3 is 0 Å². The average Bonchev–Trinajstić information content (AvgIpc) is 3.00. The number of benzene rings is 3. The van der Waals surface area contributed by atoms with Gasteiger partial charge in [0.1, 0.15) is 12.1 Å². The van der Waals surface area contributed by atoms with Crippen LogP contribution in [0, 0.1) is 0 Å². The molecule has 1 atom stereocenters. The van der Waals surface area contributed by atoms with Crippen molar-refractivity contribution in [1.29, 1.82) is 0 Å². The van der Waals surface area contributed by atoms with E-state index in [1.54, 1.807) is 0 Å². The number of hydrogen-bond donors (Lipinski definition) is 0. The van der Waals surface area contributed by atoms with Gasteiger partial charge in [0.2, 0.25) is 0 Å². The fourth-order valence-electron chi connectivity index (χ4n) is 2.78. The van der Waals surface area contributed by atoms with Crippen LogP contribution in [0.1, 0.15) is 0 Å². The molecular formula is C19H15OP. The summed E-state index contributed by atoms with van der Waals surface area (Å²) in [7, 11) is -0.423. The van der Waals surface area contributed by atoms with E-state index in [1.807, 2.05) is 0 Å². The fraction of sp³-hybridized carbons (Fsp3) is 0.0526. The first-order valence-corrected chi connectivity index (χ1v) is 8.60. The first-order chi connectivity index (χ1) is 10.4. The van der Waals surface area contributed by atoms with E-state index in [2.05, 4.69) is 78.9 Å². The minimum atomic E-state index is -0.423. The number of rotatable bonds is 2. The molecule has 4 rings (SSSR count). The van der Waals surface area contributed by atoms with Gasteiger partial charge in [-0.1, -0.05) is 72.8 Å². The molecule has 3 aromatic carbocycles. The van der Waals surface area contributed by atoms with Gasteiger partial charge < -0.3 is 4.74 Å². The standard InChI is InChI=1S/C19H15OP/c1-3-8-15(9-4-1)17-12-7-13-18-19(17)21(14-20-18)16-10-5-2-6-11-16/h1-13H,14H2/t21-/m1/s1. The zero-order chi connectivity index (χ0) is 14.1. The molecule has 0 unspecified atom stereocenters. The van der Waals surface area contributed by atoms with Crippen LogP contribution in [0.4, 0.5) is 0 Å². The first-order valence-electron chi connectivity index (χ1n) is 7.07. The highest BCUT2D eigenvalue weighted by Gasteiger charge is 2.28. The molecule has 0 fully saturated rings. The second-order valence-electron chi connectivity index (χ2n) is 5.06. The number of ether oxygens (including phenoxy) is 1. The van der Waals surface area contributed by atoms with E-state index in [4.69, 9.17) is 4.74 Å². The summed E-state index contributed by atoms with van der Waals surface area (Å²) in [5, 5.41) is 2.76. The molecule has 0 saturated carbocycles. The lowest BCUT2D eigenvalue weighted by atomic mass is 10.1. The summed E-state index contributed by atoms with van der Waals surface area (Å²) in [6.07, 6.45) is 0.790. The lowest BCUT2D eigenvalue weighted by Crippen LogP contribution is -2.11. The van der Waals surface area contributed by atoms with Crippen LogP contribution in [0.15, 0.2) is 78.9 Å². The predicted octanol–water partition coefficient (Wildman–Crippen LogP) is 4.14. The Kier molecular flexibility index (Phi) is 3.21. The van der Waals surface area contributed by atoms with E-state index >= 15 is 0 Å².